The van der Waals surface area contributed by atoms with Gasteiger partial charge < -0.3 is 0 Å². The second kappa shape index (κ2) is 10.3. The third-order valence-electron chi connectivity index (χ3n) is 9.92. The smallest absolute Gasteiger partial charge is 0.0406 e. The number of halogens is 2. The minimum Gasteiger partial charge on any atom is -0.0843 e. The Labute approximate surface area is 256 Å². The second-order valence-electron chi connectivity index (χ2n) is 12.4. The van der Waals surface area contributed by atoms with Crippen molar-refractivity contribution in [2.45, 2.75) is 43.9 Å². The van der Waals surface area contributed by atoms with Crippen molar-refractivity contribution in [2.24, 2.45) is 11.8 Å². The van der Waals surface area contributed by atoms with Gasteiger partial charge in [-0.2, -0.15) is 0 Å². The summed E-state index contributed by atoms with van der Waals surface area (Å²) in [5.74, 6) is 2.89. The molecule has 41 heavy (non-hydrogen) atoms. The molecular weight excluding hydrogens is 584 g/mol. The van der Waals surface area contributed by atoms with E-state index in [1.807, 2.05) is 0 Å². The molecule has 0 spiro atoms. The number of rotatable bonds is 4. The lowest BCUT2D eigenvalue weighted by Gasteiger charge is -2.38. The predicted molar refractivity (Wildman–Crippen MR) is 176 cm³/mol. The van der Waals surface area contributed by atoms with Crippen LogP contribution in [0.3, 0.4) is 0 Å². The molecule has 9 rings (SSSR count). The molecule has 2 heteroatoms. The van der Waals surface area contributed by atoms with Crippen molar-refractivity contribution in [3.05, 3.63) is 130 Å². The van der Waals surface area contributed by atoms with Crippen molar-refractivity contribution in [1.29, 1.82) is 0 Å². The first kappa shape index (κ1) is 25.6. The Hall–Kier alpha value is -3.13. The van der Waals surface area contributed by atoms with Gasteiger partial charge in [0.25, 0.3) is 0 Å². The Morgan fingerprint density at radius 1 is 0.439 bits per heavy atom. The zero-order valence-electron chi connectivity index (χ0n) is 23.0. The highest BCUT2D eigenvalue weighted by Gasteiger charge is 2.45. The van der Waals surface area contributed by atoms with Gasteiger partial charge in [0.1, 0.15) is 0 Å². The monoisotopic (exact) mass is 614 g/mol. The Balaban J connectivity index is 1.60. The van der Waals surface area contributed by atoms with Gasteiger partial charge >= 0.3 is 0 Å². The molecule has 0 saturated heterocycles. The van der Waals surface area contributed by atoms with Crippen molar-refractivity contribution in [1.82, 2.24) is 0 Å². The van der Waals surface area contributed by atoms with Gasteiger partial charge in [0.05, 0.1) is 0 Å². The van der Waals surface area contributed by atoms with Crippen molar-refractivity contribution in [3.63, 3.8) is 0 Å². The van der Waals surface area contributed by atoms with Crippen LogP contribution in [0.4, 0.5) is 0 Å². The summed E-state index contributed by atoms with van der Waals surface area (Å²) in [6, 6.07) is 40.0. The molecule has 4 aliphatic carbocycles. The van der Waals surface area contributed by atoms with Gasteiger partial charge in [0.2, 0.25) is 0 Å². The summed E-state index contributed by atoms with van der Waals surface area (Å²) in [4.78, 5) is 0. The minimum atomic E-state index is 0.601. The van der Waals surface area contributed by atoms with Crippen LogP contribution in [-0.2, 0) is 0 Å². The molecule has 0 N–H and O–H groups in total. The van der Waals surface area contributed by atoms with Crippen LogP contribution in [-0.4, -0.2) is 0 Å². The van der Waals surface area contributed by atoms with Crippen LogP contribution in [0.15, 0.2) is 114 Å². The molecular formula is C39H32BrCl. The van der Waals surface area contributed by atoms with Gasteiger partial charge in [0.15, 0.2) is 0 Å². The maximum absolute atomic E-state index is 6.48. The van der Waals surface area contributed by atoms with Crippen molar-refractivity contribution in [2.75, 3.05) is 0 Å². The molecule has 4 aliphatic rings. The molecule has 0 heterocycles. The third-order valence-corrected chi connectivity index (χ3v) is 10.7. The molecule has 2 unspecified atom stereocenters. The topological polar surface area (TPSA) is 0 Å². The lowest BCUT2D eigenvalue weighted by molar-refractivity contribution is 0.166. The molecule has 2 saturated carbocycles. The fourth-order valence-electron chi connectivity index (χ4n) is 8.58. The van der Waals surface area contributed by atoms with Crippen molar-refractivity contribution >= 4 is 27.5 Å². The second-order valence-corrected chi connectivity index (χ2v) is 13.7. The van der Waals surface area contributed by atoms with Crippen LogP contribution in [0.1, 0.15) is 55.1 Å². The fraction of sp³-hybridized carbons (Fsp3) is 0.231. The van der Waals surface area contributed by atoms with Crippen LogP contribution in [0.25, 0.3) is 44.5 Å². The summed E-state index contributed by atoms with van der Waals surface area (Å²) < 4.78 is 1.10. The van der Waals surface area contributed by atoms with E-state index in [0.29, 0.717) is 11.8 Å². The van der Waals surface area contributed by atoms with E-state index in [-0.39, 0.29) is 0 Å². The minimum absolute atomic E-state index is 0.601. The SMILES string of the molecule is Clc1ccc(-c2c(-c3ccc(Br)cc3)c(-c3ccccc3)c3c(c2-c2ccccc2)C2CC4CC(C2)CC3C4)cc1. The molecule has 202 valence electrons. The quantitative estimate of drug-likeness (QED) is 0.189. The molecule has 5 aromatic rings. The molecule has 0 amide bonds. The van der Waals surface area contributed by atoms with E-state index in [1.165, 1.54) is 76.6 Å². The van der Waals surface area contributed by atoms with E-state index in [1.54, 1.807) is 11.1 Å². The van der Waals surface area contributed by atoms with E-state index in [0.717, 1.165) is 21.3 Å². The maximum atomic E-state index is 6.48. The van der Waals surface area contributed by atoms with Crippen LogP contribution in [0, 0.1) is 11.8 Å². The summed E-state index contributed by atoms with van der Waals surface area (Å²) in [6.07, 6.45) is 6.73. The third kappa shape index (κ3) is 4.41. The Morgan fingerprint density at radius 2 is 0.829 bits per heavy atom. The molecule has 2 atom stereocenters. The van der Waals surface area contributed by atoms with Crippen LogP contribution < -0.4 is 0 Å². The summed E-state index contributed by atoms with van der Waals surface area (Å²) in [5, 5.41) is 0.772. The Kier molecular flexibility index (Phi) is 6.42. The van der Waals surface area contributed by atoms with Gasteiger partial charge in [-0.15, -0.1) is 0 Å². The zero-order chi connectivity index (χ0) is 27.5. The van der Waals surface area contributed by atoms with Gasteiger partial charge in [0, 0.05) is 9.50 Å². The number of hydrogen-bond acceptors (Lipinski definition) is 0. The summed E-state index contributed by atoms with van der Waals surface area (Å²) >= 11 is 10.2. The predicted octanol–water partition coefficient (Wildman–Crippen LogP) is 12.2. The van der Waals surface area contributed by atoms with Gasteiger partial charge in [-0.3, -0.25) is 0 Å². The molecule has 0 nitrogen and oxygen atoms in total. The molecule has 2 fully saturated rings. The van der Waals surface area contributed by atoms with Crippen molar-refractivity contribution in [3.8, 4) is 44.5 Å². The highest BCUT2D eigenvalue weighted by atomic mass is 79.9. The molecule has 4 bridgehead atoms. The number of hydrogen-bond donors (Lipinski definition) is 0. The van der Waals surface area contributed by atoms with Crippen LogP contribution >= 0.6 is 27.5 Å². The molecule has 5 aromatic carbocycles. The maximum Gasteiger partial charge on any atom is 0.0406 e. The van der Waals surface area contributed by atoms with E-state index >= 15 is 0 Å². The zero-order valence-corrected chi connectivity index (χ0v) is 25.3. The van der Waals surface area contributed by atoms with Crippen molar-refractivity contribution < 1.29 is 0 Å². The molecule has 0 aliphatic heterocycles. The average molecular weight is 616 g/mol. The highest BCUT2D eigenvalue weighted by molar-refractivity contribution is 9.10. The van der Waals surface area contributed by atoms with E-state index in [9.17, 15) is 0 Å². The van der Waals surface area contributed by atoms with E-state index in [2.05, 4.69) is 125 Å². The number of benzene rings is 5. The molecule has 0 radical (unpaired) electrons. The Bertz CT molecular complexity index is 1580. The van der Waals surface area contributed by atoms with Crippen LogP contribution in [0.5, 0.6) is 0 Å². The average Bonchev–Trinajstić information content (AvgIpc) is 3.18. The molecule has 0 aromatic heterocycles. The highest BCUT2D eigenvalue weighted by Crippen LogP contribution is 2.63. The Morgan fingerprint density at radius 3 is 1.27 bits per heavy atom. The van der Waals surface area contributed by atoms with Gasteiger partial charge in [-0.1, -0.05) is 112 Å². The first-order valence-corrected chi connectivity index (χ1v) is 16.2. The van der Waals surface area contributed by atoms with Gasteiger partial charge in [-0.05, 0) is 136 Å². The van der Waals surface area contributed by atoms with Gasteiger partial charge in [-0.25, -0.2) is 0 Å². The first-order valence-electron chi connectivity index (χ1n) is 15.0. The first-order chi connectivity index (χ1) is 20.1. The standard InChI is InChI=1S/C39H32BrCl/c40-32-15-11-28(12-16-32)36-34(26-7-3-1-4-8-26)38-30-20-24-19-25(21-30)23-31(22-24)39(38)35(27-9-5-2-6-10-27)37(36)29-13-17-33(41)18-14-29/h1-18,24-25,30-31H,19-23H2. The summed E-state index contributed by atoms with van der Waals surface area (Å²) in [6.45, 7) is 0. The summed E-state index contributed by atoms with van der Waals surface area (Å²) in [5.41, 5.74) is 14.0. The van der Waals surface area contributed by atoms with E-state index < -0.39 is 0 Å². The van der Waals surface area contributed by atoms with Crippen LogP contribution in [0.2, 0.25) is 5.02 Å². The largest absolute Gasteiger partial charge is 0.0843 e. The van der Waals surface area contributed by atoms with E-state index in [4.69, 9.17) is 11.6 Å². The lowest BCUT2D eigenvalue weighted by Crippen LogP contribution is -2.25. The summed E-state index contributed by atoms with van der Waals surface area (Å²) in [7, 11) is 0. The normalized spacial score (nSPS) is 22.4. The lowest BCUT2D eigenvalue weighted by atomic mass is 9.66. The fourth-order valence-corrected chi connectivity index (χ4v) is 8.97.